The van der Waals surface area contributed by atoms with Crippen LogP contribution in [0.1, 0.15) is 35.2 Å². The van der Waals surface area contributed by atoms with E-state index in [1.165, 1.54) is 4.90 Å². The summed E-state index contributed by atoms with van der Waals surface area (Å²) in [5, 5.41) is 0. The fraction of sp³-hybridized carbons (Fsp3) is 0.370. The van der Waals surface area contributed by atoms with Gasteiger partial charge in [0.25, 0.3) is 5.91 Å². The van der Waals surface area contributed by atoms with Gasteiger partial charge >= 0.3 is 0 Å². The van der Waals surface area contributed by atoms with Gasteiger partial charge in [-0.25, -0.2) is 9.37 Å². The standard InChI is InChI=1S/C27H29FN4O4/c1-31-15-23(30-16-31)18-4-9-24(21(13-18)27(29)34)36-25-10-11-32(14-22(25)28)26(33)12-17-2-5-19(6-3-17)35-20-7-8-20/h2-6,9,13,15-16,20,22,25H,7-8,10-12,14H2,1H3,(H2,29,34). The number of alkyl halides is 1. The number of benzene rings is 2. The molecule has 2 fully saturated rings. The van der Waals surface area contributed by atoms with Crippen LogP contribution in [0.4, 0.5) is 4.39 Å². The Morgan fingerprint density at radius 3 is 2.53 bits per heavy atom. The lowest BCUT2D eigenvalue weighted by Gasteiger charge is -2.35. The van der Waals surface area contributed by atoms with Crippen molar-refractivity contribution in [2.75, 3.05) is 13.1 Å². The first-order chi connectivity index (χ1) is 17.4. The van der Waals surface area contributed by atoms with Crippen LogP contribution in [0.2, 0.25) is 0 Å². The van der Waals surface area contributed by atoms with Gasteiger partial charge in [-0.3, -0.25) is 9.59 Å². The number of carbonyl (C=O) groups is 2. The third-order valence-electron chi connectivity index (χ3n) is 6.46. The van der Waals surface area contributed by atoms with Crippen molar-refractivity contribution in [2.45, 2.75) is 44.1 Å². The van der Waals surface area contributed by atoms with Gasteiger partial charge in [0, 0.05) is 31.8 Å². The molecule has 1 aliphatic heterocycles. The average molecular weight is 493 g/mol. The molecule has 1 aliphatic carbocycles. The van der Waals surface area contributed by atoms with Crippen LogP contribution < -0.4 is 15.2 Å². The summed E-state index contributed by atoms with van der Waals surface area (Å²) >= 11 is 0. The first kappa shape index (κ1) is 23.8. The second kappa shape index (κ2) is 10.0. The minimum Gasteiger partial charge on any atom is -0.490 e. The summed E-state index contributed by atoms with van der Waals surface area (Å²) in [7, 11) is 1.85. The molecule has 5 rings (SSSR count). The minimum atomic E-state index is -1.40. The summed E-state index contributed by atoms with van der Waals surface area (Å²) < 4.78 is 28.5. The number of rotatable bonds is 8. The van der Waals surface area contributed by atoms with Gasteiger partial charge in [-0.05, 0) is 48.7 Å². The minimum absolute atomic E-state index is 0.0652. The van der Waals surface area contributed by atoms with Crippen LogP contribution in [0.15, 0.2) is 55.0 Å². The second-order valence-electron chi connectivity index (χ2n) is 9.44. The predicted octanol–water partition coefficient (Wildman–Crippen LogP) is 3.29. The predicted molar refractivity (Wildman–Crippen MR) is 131 cm³/mol. The highest BCUT2D eigenvalue weighted by atomic mass is 19.1. The zero-order valence-electron chi connectivity index (χ0n) is 20.1. The van der Waals surface area contributed by atoms with E-state index < -0.39 is 18.2 Å². The summed E-state index contributed by atoms with van der Waals surface area (Å²) in [6.45, 7) is 0.301. The van der Waals surface area contributed by atoms with Gasteiger partial charge in [-0.2, -0.15) is 0 Å². The smallest absolute Gasteiger partial charge is 0.252 e. The Bertz CT molecular complexity index is 1250. The van der Waals surface area contributed by atoms with Gasteiger partial charge in [0.05, 0.1) is 36.7 Å². The van der Waals surface area contributed by atoms with Gasteiger partial charge in [0.1, 0.15) is 17.6 Å². The molecule has 0 bridgehead atoms. The Balaban J connectivity index is 1.19. The number of piperidine rings is 1. The Labute approximate surface area is 208 Å². The first-order valence-electron chi connectivity index (χ1n) is 12.1. The van der Waals surface area contributed by atoms with Crippen molar-refractivity contribution in [3.63, 3.8) is 0 Å². The van der Waals surface area contributed by atoms with Crippen molar-refractivity contribution in [1.29, 1.82) is 0 Å². The van der Waals surface area contributed by atoms with Gasteiger partial charge < -0.3 is 24.7 Å². The molecule has 2 atom stereocenters. The molecule has 3 aromatic rings. The van der Waals surface area contributed by atoms with E-state index in [2.05, 4.69) is 4.98 Å². The molecule has 2 unspecified atom stereocenters. The largest absolute Gasteiger partial charge is 0.490 e. The molecule has 2 heterocycles. The molecule has 0 spiro atoms. The van der Waals surface area contributed by atoms with Crippen LogP contribution in [0.5, 0.6) is 11.5 Å². The SMILES string of the molecule is Cn1cnc(-c2ccc(OC3CCN(C(=O)Cc4ccc(OC5CC5)cc4)CC3F)c(C(N)=O)c2)c1. The maximum atomic E-state index is 15.1. The number of likely N-dealkylation sites (tertiary alicyclic amines) is 1. The average Bonchev–Trinajstić information content (AvgIpc) is 3.58. The zero-order valence-corrected chi connectivity index (χ0v) is 20.1. The van der Waals surface area contributed by atoms with Crippen molar-refractivity contribution in [2.24, 2.45) is 12.8 Å². The third kappa shape index (κ3) is 5.50. The number of imidazole rings is 1. The van der Waals surface area contributed by atoms with Crippen LogP contribution in [0.3, 0.4) is 0 Å². The lowest BCUT2D eigenvalue weighted by atomic mass is 10.0. The van der Waals surface area contributed by atoms with E-state index in [4.69, 9.17) is 15.2 Å². The summed E-state index contributed by atoms with van der Waals surface area (Å²) in [4.78, 5) is 30.7. The maximum Gasteiger partial charge on any atom is 0.252 e. The van der Waals surface area contributed by atoms with Crippen LogP contribution in [-0.4, -0.2) is 57.7 Å². The summed E-state index contributed by atoms with van der Waals surface area (Å²) in [5.41, 5.74) is 8.00. The third-order valence-corrected chi connectivity index (χ3v) is 6.46. The number of carbonyl (C=O) groups excluding carboxylic acids is 2. The van der Waals surface area contributed by atoms with Gasteiger partial charge in [0.2, 0.25) is 5.91 Å². The number of ether oxygens (including phenoxy) is 2. The fourth-order valence-electron chi connectivity index (χ4n) is 4.30. The first-order valence-corrected chi connectivity index (χ1v) is 12.1. The molecule has 8 nitrogen and oxygen atoms in total. The van der Waals surface area contributed by atoms with E-state index in [0.29, 0.717) is 30.3 Å². The Hall–Kier alpha value is -3.88. The number of nitrogens with two attached hydrogens (primary N) is 1. The lowest BCUT2D eigenvalue weighted by Crippen LogP contribution is -2.49. The number of primary amides is 1. The normalized spacial score (nSPS) is 19.7. The number of aryl methyl sites for hydroxylation is 1. The van der Waals surface area contributed by atoms with Crippen molar-refractivity contribution < 1.29 is 23.5 Å². The van der Waals surface area contributed by atoms with Gasteiger partial charge in [-0.1, -0.05) is 12.1 Å². The van der Waals surface area contributed by atoms with E-state index in [0.717, 1.165) is 24.2 Å². The molecule has 9 heteroatoms. The molecular formula is C27H29FN4O4. The van der Waals surface area contributed by atoms with E-state index in [1.54, 1.807) is 29.1 Å². The van der Waals surface area contributed by atoms with Crippen molar-refractivity contribution in [1.82, 2.24) is 14.5 Å². The summed E-state index contributed by atoms with van der Waals surface area (Å²) in [5.74, 6) is 0.228. The molecule has 2 aromatic carbocycles. The lowest BCUT2D eigenvalue weighted by molar-refractivity contribution is -0.134. The van der Waals surface area contributed by atoms with Gasteiger partial charge in [0.15, 0.2) is 6.17 Å². The monoisotopic (exact) mass is 492 g/mol. The fourth-order valence-corrected chi connectivity index (χ4v) is 4.30. The molecule has 2 N–H and O–H groups in total. The summed E-state index contributed by atoms with van der Waals surface area (Å²) in [6.07, 6.45) is 4.30. The van der Waals surface area contributed by atoms with Gasteiger partial charge in [-0.15, -0.1) is 0 Å². The second-order valence-corrected chi connectivity index (χ2v) is 9.44. The summed E-state index contributed by atoms with van der Waals surface area (Å²) in [6, 6.07) is 12.5. The molecule has 1 aromatic heterocycles. The molecule has 36 heavy (non-hydrogen) atoms. The topological polar surface area (TPSA) is 99.7 Å². The molecule has 1 saturated carbocycles. The number of nitrogens with zero attached hydrogens (tertiary/aromatic N) is 3. The number of hydrogen-bond acceptors (Lipinski definition) is 5. The highest BCUT2D eigenvalue weighted by Crippen LogP contribution is 2.29. The molecule has 1 saturated heterocycles. The van der Waals surface area contributed by atoms with Crippen molar-refractivity contribution >= 4 is 11.8 Å². The molecule has 2 aliphatic rings. The molecule has 0 radical (unpaired) electrons. The number of hydrogen-bond donors (Lipinski definition) is 1. The highest BCUT2D eigenvalue weighted by molar-refractivity contribution is 5.97. The van der Waals surface area contributed by atoms with E-state index in [9.17, 15) is 9.59 Å². The van der Waals surface area contributed by atoms with Crippen molar-refractivity contribution in [3.8, 4) is 22.8 Å². The van der Waals surface area contributed by atoms with Crippen LogP contribution in [0, 0.1) is 0 Å². The zero-order chi connectivity index (χ0) is 25.2. The van der Waals surface area contributed by atoms with Crippen LogP contribution in [-0.2, 0) is 18.3 Å². The Morgan fingerprint density at radius 1 is 1.11 bits per heavy atom. The van der Waals surface area contributed by atoms with E-state index in [1.807, 2.05) is 37.5 Å². The quantitative estimate of drug-likeness (QED) is 0.520. The number of aromatic nitrogens is 2. The van der Waals surface area contributed by atoms with E-state index in [-0.39, 0.29) is 30.2 Å². The van der Waals surface area contributed by atoms with Crippen LogP contribution in [0.25, 0.3) is 11.3 Å². The Kier molecular flexibility index (Phi) is 6.63. The number of amides is 2. The molecule has 2 amide bonds. The van der Waals surface area contributed by atoms with E-state index >= 15 is 4.39 Å². The highest BCUT2D eigenvalue weighted by Gasteiger charge is 2.33. The Morgan fingerprint density at radius 2 is 1.89 bits per heavy atom. The molecular weight excluding hydrogens is 463 g/mol. The van der Waals surface area contributed by atoms with Crippen LogP contribution >= 0.6 is 0 Å². The number of halogens is 1. The maximum absolute atomic E-state index is 15.1. The molecule has 188 valence electrons. The van der Waals surface area contributed by atoms with Crippen molar-refractivity contribution in [3.05, 3.63) is 66.1 Å².